The lowest BCUT2D eigenvalue weighted by atomic mass is 10.1. The van der Waals surface area contributed by atoms with Gasteiger partial charge in [0, 0.05) is 28.2 Å². The van der Waals surface area contributed by atoms with E-state index >= 15 is 0 Å². The van der Waals surface area contributed by atoms with Gasteiger partial charge in [0.1, 0.15) is 17.0 Å². The molecule has 0 bridgehead atoms. The van der Waals surface area contributed by atoms with Crippen LogP contribution in [0.1, 0.15) is 5.56 Å². The van der Waals surface area contributed by atoms with Gasteiger partial charge in [-0.1, -0.05) is 78.3 Å². The van der Waals surface area contributed by atoms with Gasteiger partial charge in [-0.15, -0.1) is 11.8 Å². The topological polar surface area (TPSA) is 30.7 Å². The van der Waals surface area contributed by atoms with E-state index in [2.05, 4.69) is 69.3 Å². The minimum Gasteiger partial charge on any atom is -0.301 e. The second-order valence-corrected chi connectivity index (χ2v) is 8.31. The smallest absolute Gasteiger partial charge is 0.149 e. The van der Waals surface area contributed by atoms with E-state index in [9.17, 15) is 0 Å². The van der Waals surface area contributed by atoms with Gasteiger partial charge in [-0.05, 0) is 29.3 Å². The third kappa shape index (κ3) is 3.72. The Morgan fingerprint density at radius 1 is 0.833 bits per heavy atom. The van der Waals surface area contributed by atoms with Crippen molar-refractivity contribution in [1.82, 2.24) is 14.5 Å². The molecule has 3 aromatic carbocycles. The number of rotatable bonds is 5. The van der Waals surface area contributed by atoms with Crippen molar-refractivity contribution in [3.05, 3.63) is 108 Å². The highest BCUT2D eigenvalue weighted by atomic mass is 35.5. The Balaban J connectivity index is 1.68. The molecule has 5 aromatic rings. The van der Waals surface area contributed by atoms with Gasteiger partial charge < -0.3 is 4.57 Å². The molecule has 0 aliphatic heterocycles. The Labute approximate surface area is 184 Å². The molecule has 3 nitrogen and oxygen atoms in total. The van der Waals surface area contributed by atoms with E-state index in [1.54, 1.807) is 18.1 Å². The molecule has 2 heterocycles. The van der Waals surface area contributed by atoms with Crippen LogP contribution in [0.2, 0.25) is 5.02 Å². The highest BCUT2D eigenvalue weighted by Crippen LogP contribution is 2.37. The van der Waals surface area contributed by atoms with Crippen molar-refractivity contribution < 1.29 is 0 Å². The summed E-state index contributed by atoms with van der Waals surface area (Å²) >= 11 is 8.00. The molecule has 0 spiro atoms. The van der Waals surface area contributed by atoms with Crippen molar-refractivity contribution in [1.29, 1.82) is 0 Å². The van der Waals surface area contributed by atoms with Crippen molar-refractivity contribution in [2.75, 3.05) is 0 Å². The van der Waals surface area contributed by atoms with Crippen LogP contribution in [0.5, 0.6) is 0 Å². The van der Waals surface area contributed by atoms with Gasteiger partial charge >= 0.3 is 0 Å². The summed E-state index contributed by atoms with van der Waals surface area (Å²) in [5.41, 5.74) is 5.38. The summed E-state index contributed by atoms with van der Waals surface area (Å²) in [4.78, 5) is 9.29. The lowest BCUT2D eigenvalue weighted by molar-refractivity contribution is 1.04. The highest BCUT2D eigenvalue weighted by molar-refractivity contribution is 7.98. The molecule has 5 heteroatoms. The fourth-order valence-electron chi connectivity index (χ4n) is 3.53. The van der Waals surface area contributed by atoms with Gasteiger partial charge in [-0.25, -0.2) is 9.97 Å². The van der Waals surface area contributed by atoms with E-state index in [4.69, 9.17) is 11.6 Å². The van der Waals surface area contributed by atoms with Crippen LogP contribution in [0, 0.1) is 0 Å². The fourth-order valence-corrected chi connectivity index (χ4v) is 4.68. The maximum atomic E-state index is 6.27. The molecule has 0 aliphatic carbocycles. The third-order valence-corrected chi connectivity index (χ3v) is 6.23. The lowest BCUT2D eigenvalue weighted by Gasteiger charge is -2.07. The maximum Gasteiger partial charge on any atom is 0.149 e. The Morgan fingerprint density at radius 2 is 1.60 bits per heavy atom. The van der Waals surface area contributed by atoms with Crippen LogP contribution in [-0.2, 0) is 5.75 Å². The number of halogens is 1. The molecule has 0 fully saturated rings. The number of hydrogen-bond acceptors (Lipinski definition) is 3. The molecule has 2 aromatic heterocycles. The summed E-state index contributed by atoms with van der Waals surface area (Å²) in [7, 11) is 0. The van der Waals surface area contributed by atoms with Gasteiger partial charge in [0.25, 0.3) is 0 Å². The van der Waals surface area contributed by atoms with Crippen LogP contribution < -0.4 is 0 Å². The standard InChI is InChI=1S/C25H18ClN3S/c26-20-12-7-13-21(14-20)29-15-22(19-10-5-2-6-11-19)23-24(29)27-17-28-25(23)30-16-18-8-3-1-4-9-18/h1-15,17H,16H2. The normalized spacial score (nSPS) is 11.1. The second kappa shape index (κ2) is 8.34. The third-order valence-electron chi connectivity index (χ3n) is 4.94. The minimum absolute atomic E-state index is 0.698. The van der Waals surface area contributed by atoms with Gasteiger partial charge in [-0.2, -0.15) is 0 Å². The SMILES string of the molecule is Clc1cccc(-n2cc(-c3ccccc3)c3c(SCc4ccccc4)ncnc32)c1. The second-order valence-electron chi connectivity index (χ2n) is 6.91. The van der Waals surface area contributed by atoms with Crippen molar-refractivity contribution in [3.8, 4) is 16.8 Å². The van der Waals surface area contributed by atoms with Crippen molar-refractivity contribution >= 4 is 34.4 Å². The van der Waals surface area contributed by atoms with Crippen LogP contribution in [0.25, 0.3) is 27.8 Å². The first-order valence-corrected chi connectivity index (χ1v) is 11.0. The summed E-state index contributed by atoms with van der Waals surface area (Å²) < 4.78 is 2.10. The average Bonchev–Trinajstić information content (AvgIpc) is 3.19. The van der Waals surface area contributed by atoms with Crippen LogP contribution in [-0.4, -0.2) is 14.5 Å². The van der Waals surface area contributed by atoms with Crippen LogP contribution in [0.4, 0.5) is 0 Å². The predicted octanol–water partition coefficient (Wildman–Crippen LogP) is 7.03. The number of benzene rings is 3. The zero-order valence-electron chi connectivity index (χ0n) is 16.1. The number of fused-ring (bicyclic) bond motifs is 1. The number of hydrogen-bond donors (Lipinski definition) is 0. The summed E-state index contributed by atoms with van der Waals surface area (Å²) in [6.45, 7) is 0. The predicted molar refractivity (Wildman–Crippen MR) is 125 cm³/mol. The summed E-state index contributed by atoms with van der Waals surface area (Å²) in [5.74, 6) is 0.851. The number of thioether (sulfide) groups is 1. The first-order chi connectivity index (χ1) is 14.8. The molecule has 0 amide bonds. The first-order valence-electron chi connectivity index (χ1n) is 9.64. The minimum atomic E-state index is 0.698. The summed E-state index contributed by atoms with van der Waals surface area (Å²) in [6.07, 6.45) is 3.78. The Kier molecular flexibility index (Phi) is 5.26. The molecule has 0 unspecified atom stereocenters. The lowest BCUT2D eigenvalue weighted by Crippen LogP contribution is -1.95. The van der Waals surface area contributed by atoms with Crippen LogP contribution in [0.3, 0.4) is 0 Å². The molecule has 5 rings (SSSR count). The average molecular weight is 428 g/mol. The first kappa shape index (κ1) is 18.9. The van der Waals surface area contributed by atoms with Gasteiger partial charge in [0.2, 0.25) is 0 Å². The zero-order valence-corrected chi connectivity index (χ0v) is 17.6. The van der Waals surface area contributed by atoms with E-state index in [1.807, 2.05) is 36.4 Å². The molecule has 0 atom stereocenters. The monoisotopic (exact) mass is 427 g/mol. The summed E-state index contributed by atoms with van der Waals surface area (Å²) in [6, 6.07) is 28.7. The van der Waals surface area contributed by atoms with Gasteiger partial charge in [0.15, 0.2) is 0 Å². The van der Waals surface area contributed by atoms with Crippen molar-refractivity contribution in [2.45, 2.75) is 10.8 Å². The van der Waals surface area contributed by atoms with E-state index in [1.165, 1.54) is 5.56 Å². The largest absolute Gasteiger partial charge is 0.301 e. The molecule has 0 N–H and O–H groups in total. The molecule has 0 aliphatic rings. The van der Waals surface area contributed by atoms with Crippen molar-refractivity contribution in [3.63, 3.8) is 0 Å². The van der Waals surface area contributed by atoms with E-state index in [0.29, 0.717) is 5.02 Å². The quantitative estimate of drug-likeness (QED) is 0.223. The molecule has 0 radical (unpaired) electrons. The Hall–Kier alpha value is -3.08. The van der Waals surface area contributed by atoms with Gasteiger partial charge in [-0.3, -0.25) is 0 Å². The van der Waals surface area contributed by atoms with E-state index < -0.39 is 0 Å². The van der Waals surface area contributed by atoms with E-state index in [-0.39, 0.29) is 0 Å². The molecular formula is C25H18ClN3S. The van der Waals surface area contributed by atoms with Crippen molar-refractivity contribution in [2.24, 2.45) is 0 Å². The van der Waals surface area contributed by atoms with Crippen LogP contribution >= 0.6 is 23.4 Å². The molecule has 0 saturated carbocycles. The zero-order chi connectivity index (χ0) is 20.3. The molecule has 146 valence electrons. The van der Waals surface area contributed by atoms with Gasteiger partial charge in [0.05, 0.1) is 5.39 Å². The molecule has 30 heavy (non-hydrogen) atoms. The Morgan fingerprint density at radius 3 is 2.37 bits per heavy atom. The fraction of sp³-hybridized carbons (Fsp3) is 0.0400. The summed E-state index contributed by atoms with van der Waals surface area (Å²) in [5, 5.41) is 2.73. The maximum absolute atomic E-state index is 6.27. The van der Waals surface area contributed by atoms with E-state index in [0.717, 1.165) is 38.6 Å². The number of aromatic nitrogens is 3. The highest BCUT2D eigenvalue weighted by Gasteiger charge is 2.17. The van der Waals surface area contributed by atoms with Crippen LogP contribution in [0.15, 0.2) is 102 Å². The molecular weight excluding hydrogens is 410 g/mol. The molecule has 0 saturated heterocycles. The Bertz CT molecular complexity index is 1300. The number of nitrogens with zero attached hydrogens (tertiary/aromatic N) is 3.